The number of carboxylic acids is 1. The number of rotatable bonds is 16. The molecule has 0 saturated heterocycles. The summed E-state index contributed by atoms with van der Waals surface area (Å²) in [4.78, 5) is 63.0. The van der Waals surface area contributed by atoms with E-state index in [1.807, 2.05) is 26.0 Å². The summed E-state index contributed by atoms with van der Waals surface area (Å²) >= 11 is 2.56. The van der Waals surface area contributed by atoms with Crippen molar-refractivity contribution in [1.29, 1.82) is 0 Å². The summed E-state index contributed by atoms with van der Waals surface area (Å²) in [6.07, 6.45) is 0.00803. The van der Waals surface area contributed by atoms with Crippen molar-refractivity contribution in [2.45, 2.75) is 41.0 Å². The Morgan fingerprint density at radius 3 is 1.50 bits per heavy atom. The largest absolute Gasteiger partial charge is 1.00 e. The Labute approximate surface area is 334 Å². The summed E-state index contributed by atoms with van der Waals surface area (Å²) < 4.78 is 32.8. The fraction of sp³-hybridized carbons (Fsp3) is 0.447. The molecule has 3 unspecified atom stereocenters. The van der Waals surface area contributed by atoms with Crippen LogP contribution < -0.4 is 37.8 Å². The molecule has 0 radical (unpaired) electrons. The minimum absolute atomic E-state index is 0. The van der Waals surface area contributed by atoms with Gasteiger partial charge in [0.05, 0.1) is 63.7 Å². The monoisotopic (exact) mass is 782 g/mol. The molecule has 2 aromatic carbocycles. The van der Waals surface area contributed by atoms with Crippen molar-refractivity contribution in [3.63, 3.8) is 0 Å². The van der Waals surface area contributed by atoms with Gasteiger partial charge in [-0.2, -0.15) is 0 Å². The van der Waals surface area contributed by atoms with E-state index < -0.39 is 41.4 Å². The van der Waals surface area contributed by atoms with E-state index in [-0.39, 0.29) is 55.0 Å². The Kier molecular flexibility index (Phi) is 19.2. The molecule has 2 heterocycles. The van der Waals surface area contributed by atoms with Crippen molar-refractivity contribution in [2.75, 3.05) is 42.2 Å². The van der Waals surface area contributed by atoms with Crippen LogP contribution in [0, 0.1) is 29.6 Å². The molecule has 4 aromatic rings. The number of Topliss-reactive ketones (excluding diaryl/α,β-unsaturated/α-hetero) is 2. The number of methoxy groups -OCH3 is 5. The Bertz CT molecular complexity index is 1830. The van der Waals surface area contributed by atoms with Crippen LogP contribution in [0.1, 0.15) is 60.4 Å². The Morgan fingerprint density at radius 1 is 0.667 bits per heavy atom. The van der Waals surface area contributed by atoms with E-state index in [2.05, 4.69) is 0 Å². The molecule has 0 fully saturated rings. The van der Waals surface area contributed by atoms with Gasteiger partial charge in [-0.15, -0.1) is 22.7 Å². The van der Waals surface area contributed by atoms with E-state index >= 15 is 0 Å². The van der Waals surface area contributed by atoms with E-state index in [0.717, 1.165) is 20.2 Å². The van der Waals surface area contributed by atoms with Crippen LogP contribution in [0.3, 0.4) is 0 Å². The van der Waals surface area contributed by atoms with Crippen molar-refractivity contribution in [1.82, 2.24) is 0 Å². The molecule has 0 aliphatic carbocycles. The molecule has 54 heavy (non-hydrogen) atoms. The molecule has 0 bridgehead atoms. The van der Waals surface area contributed by atoms with Crippen LogP contribution in [0.5, 0.6) is 23.0 Å². The average Bonchev–Trinajstić information content (AvgIpc) is 3.74. The second-order valence-corrected chi connectivity index (χ2v) is 14.6. The van der Waals surface area contributed by atoms with Gasteiger partial charge in [0.25, 0.3) is 0 Å². The Hall–Kier alpha value is -4.13. The van der Waals surface area contributed by atoms with Gasteiger partial charge in [0.2, 0.25) is 0 Å². The van der Waals surface area contributed by atoms with E-state index in [0.29, 0.717) is 32.8 Å². The summed E-state index contributed by atoms with van der Waals surface area (Å²) in [7, 11) is 7.42. The number of hydrogen-bond acceptors (Lipinski definition) is 14. The summed E-state index contributed by atoms with van der Waals surface area (Å²) in [5.41, 5.74) is 0. The number of benzene rings is 2. The first-order chi connectivity index (χ1) is 24.6. The smallest absolute Gasteiger partial charge is 0.870 e. The number of aliphatic carboxylic acids is 1. The zero-order valence-corrected chi connectivity index (χ0v) is 34.1. The third-order valence-electron chi connectivity index (χ3n) is 8.46. The van der Waals surface area contributed by atoms with Crippen LogP contribution >= 0.6 is 22.7 Å². The van der Waals surface area contributed by atoms with E-state index in [4.69, 9.17) is 28.4 Å². The molecule has 0 aliphatic heterocycles. The van der Waals surface area contributed by atoms with Gasteiger partial charge in [-0.1, -0.05) is 27.7 Å². The Balaban J connectivity index is 0.000000533. The molecular formula is C38H47LiO13S2. The molecule has 16 heteroatoms. The number of hydrogen-bond donors (Lipinski definition) is 1. The molecule has 13 nitrogen and oxygen atoms in total. The van der Waals surface area contributed by atoms with Crippen LogP contribution in [0.25, 0.3) is 20.2 Å². The maximum absolute atomic E-state index is 13.3. The molecule has 0 spiro atoms. The second kappa shape index (κ2) is 21.7. The average molecular weight is 783 g/mol. The number of carbonyl (C=O) groups is 5. The molecular weight excluding hydrogens is 735 g/mol. The van der Waals surface area contributed by atoms with Crippen LogP contribution in [-0.2, 0) is 23.9 Å². The van der Waals surface area contributed by atoms with Gasteiger partial charge >= 0.3 is 36.8 Å². The molecule has 290 valence electrons. The van der Waals surface area contributed by atoms with Crippen molar-refractivity contribution in [3.05, 3.63) is 46.2 Å². The first kappa shape index (κ1) is 47.9. The zero-order valence-electron chi connectivity index (χ0n) is 32.5. The number of ketones is 2. The molecule has 2 N–H and O–H groups in total. The van der Waals surface area contributed by atoms with Crippen molar-refractivity contribution >= 4 is 72.3 Å². The van der Waals surface area contributed by atoms with E-state index in [1.54, 1.807) is 59.3 Å². The van der Waals surface area contributed by atoms with Crippen molar-refractivity contribution in [3.8, 4) is 23.0 Å². The van der Waals surface area contributed by atoms with Crippen LogP contribution in [0.15, 0.2) is 36.4 Å². The maximum atomic E-state index is 13.3. The van der Waals surface area contributed by atoms with Gasteiger partial charge in [0.15, 0.2) is 34.6 Å². The maximum Gasteiger partial charge on any atom is 1.00 e. The minimum atomic E-state index is -1.28. The SMILES string of the molecule is CCOC(=O)C(C(=O)c1cc2cc(OC)c(OC)cc2s1)C(C(=O)OC)C(C)C.COc1cc2cc(C(=O)CC(C(=O)O)C(C)C)sc2cc1OC.[Li+].[OH-]. The standard InChI is InChI=1S/C21H26O7S.C17H20O5S.Li.H2O/c1-7-28-21(24)18(17(11(2)3)20(23)27-6)19(22)16-9-12-8-13(25-4)14(26-5)10-15(12)29-16;1-9(2)11(17(19)20)7-12(18)16-6-10-5-13(21-3)14(22-4)8-15(10)23-16;;/h8-11,17-18H,7H2,1-6H3;5-6,8-9,11H,7H2,1-4H3,(H,19,20);;1H2/q;;+1;/p-1. The fourth-order valence-corrected chi connectivity index (χ4v) is 7.71. The zero-order chi connectivity index (χ0) is 38.9. The topological polar surface area (TPSA) is 191 Å². The first-order valence-electron chi connectivity index (χ1n) is 16.5. The van der Waals surface area contributed by atoms with Gasteiger partial charge in [0, 0.05) is 28.0 Å². The predicted molar refractivity (Wildman–Crippen MR) is 202 cm³/mol. The summed E-state index contributed by atoms with van der Waals surface area (Å²) in [6, 6.07) is 10.6. The molecule has 2 aromatic heterocycles. The van der Waals surface area contributed by atoms with Crippen LogP contribution in [-0.4, -0.2) is 82.2 Å². The number of esters is 2. The summed E-state index contributed by atoms with van der Waals surface area (Å²) in [5.74, 6) is -3.89. The summed E-state index contributed by atoms with van der Waals surface area (Å²) in [6.45, 7) is 8.91. The summed E-state index contributed by atoms with van der Waals surface area (Å²) in [5, 5.41) is 10.9. The van der Waals surface area contributed by atoms with E-state index in [9.17, 15) is 29.1 Å². The molecule has 0 saturated carbocycles. The fourth-order valence-electron chi connectivity index (χ4n) is 5.63. The molecule has 4 rings (SSSR count). The molecule has 3 atom stereocenters. The number of carboxylic acid groups (broad SMARTS) is 1. The van der Waals surface area contributed by atoms with Gasteiger partial charge in [-0.3, -0.25) is 24.0 Å². The van der Waals surface area contributed by atoms with Crippen molar-refractivity contribution in [2.24, 2.45) is 29.6 Å². The van der Waals surface area contributed by atoms with Crippen molar-refractivity contribution < 1.29 is 81.8 Å². The molecule has 0 aliphatic rings. The third-order valence-corrected chi connectivity index (χ3v) is 10.7. The van der Waals surface area contributed by atoms with Crippen LogP contribution in [0.2, 0.25) is 0 Å². The van der Waals surface area contributed by atoms with Gasteiger partial charge < -0.3 is 39.0 Å². The van der Waals surface area contributed by atoms with Gasteiger partial charge in [-0.05, 0) is 53.8 Å². The van der Waals surface area contributed by atoms with Crippen LogP contribution in [0.4, 0.5) is 0 Å². The number of thiophene rings is 2. The number of fused-ring (bicyclic) bond motifs is 2. The number of carbonyl (C=O) groups excluding carboxylic acids is 4. The minimum Gasteiger partial charge on any atom is -0.870 e. The third kappa shape index (κ3) is 11.2. The van der Waals surface area contributed by atoms with E-state index in [1.165, 1.54) is 44.0 Å². The first-order valence-corrected chi connectivity index (χ1v) is 18.1. The number of ether oxygens (including phenoxy) is 6. The second-order valence-electron chi connectivity index (χ2n) is 12.4. The predicted octanol–water partition coefficient (Wildman–Crippen LogP) is 4.40. The quantitative estimate of drug-likeness (QED) is 0.0729. The normalized spacial score (nSPS) is 12.3. The van der Waals surface area contributed by atoms with Gasteiger partial charge in [0.1, 0.15) is 5.92 Å². The Morgan fingerprint density at radius 2 is 1.11 bits per heavy atom. The molecule has 0 amide bonds. The van der Waals surface area contributed by atoms with Gasteiger partial charge in [-0.25, -0.2) is 0 Å².